The fourth-order valence-corrected chi connectivity index (χ4v) is 3.30. The van der Waals surface area contributed by atoms with Gasteiger partial charge in [-0.05, 0) is 67.1 Å². The summed E-state index contributed by atoms with van der Waals surface area (Å²) in [5.41, 5.74) is 2.81. The van der Waals surface area contributed by atoms with Crippen LogP contribution in [0.1, 0.15) is 5.56 Å². The van der Waals surface area contributed by atoms with Crippen LogP contribution in [0.3, 0.4) is 0 Å². The summed E-state index contributed by atoms with van der Waals surface area (Å²) in [5, 5.41) is 8.30. The molecule has 0 aliphatic carbocycles. The van der Waals surface area contributed by atoms with Gasteiger partial charge in [-0.2, -0.15) is 0 Å². The molecule has 0 saturated heterocycles. The molecule has 0 bridgehead atoms. The monoisotopic (exact) mass is 484 g/mol. The SMILES string of the molecule is Cc1cccc(NC(=O)N(CCNC(=O)Nc2cccc(Br)c2)c2ccc(F)cc2)c1. The van der Waals surface area contributed by atoms with Crippen molar-refractivity contribution in [2.75, 3.05) is 28.6 Å². The Hall–Kier alpha value is -3.39. The molecule has 160 valence electrons. The average molecular weight is 485 g/mol. The Balaban J connectivity index is 1.64. The number of aryl methyl sites for hydroxylation is 1. The van der Waals surface area contributed by atoms with Crippen LogP contribution in [-0.4, -0.2) is 25.2 Å². The molecule has 0 heterocycles. The predicted molar refractivity (Wildman–Crippen MR) is 125 cm³/mol. The lowest BCUT2D eigenvalue weighted by atomic mass is 10.2. The Morgan fingerprint density at radius 3 is 2.29 bits per heavy atom. The van der Waals surface area contributed by atoms with Crippen molar-refractivity contribution in [3.05, 3.63) is 88.6 Å². The zero-order valence-electron chi connectivity index (χ0n) is 16.9. The summed E-state index contributed by atoms with van der Waals surface area (Å²) in [6.45, 7) is 2.31. The van der Waals surface area contributed by atoms with Crippen molar-refractivity contribution in [1.82, 2.24) is 5.32 Å². The molecule has 0 aliphatic rings. The summed E-state index contributed by atoms with van der Waals surface area (Å²) in [6, 6.07) is 19.5. The third kappa shape index (κ3) is 6.82. The topological polar surface area (TPSA) is 73.5 Å². The molecular weight excluding hydrogens is 463 g/mol. The highest BCUT2D eigenvalue weighted by molar-refractivity contribution is 9.10. The summed E-state index contributed by atoms with van der Waals surface area (Å²) < 4.78 is 14.2. The van der Waals surface area contributed by atoms with Gasteiger partial charge in [0.05, 0.1) is 0 Å². The maximum atomic E-state index is 13.3. The molecule has 3 N–H and O–H groups in total. The average Bonchev–Trinajstić information content (AvgIpc) is 2.72. The van der Waals surface area contributed by atoms with Crippen molar-refractivity contribution in [2.45, 2.75) is 6.92 Å². The number of halogens is 2. The van der Waals surface area contributed by atoms with Gasteiger partial charge in [0, 0.05) is 34.6 Å². The van der Waals surface area contributed by atoms with Gasteiger partial charge >= 0.3 is 12.1 Å². The minimum Gasteiger partial charge on any atom is -0.336 e. The molecule has 0 spiro atoms. The Bertz CT molecular complexity index is 1060. The second-order valence-corrected chi connectivity index (χ2v) is 7.73. The van der Waals surface area contributed by atoms with Gasteiger partial charge in [0.1, 0.15) is 5.82 Å². The van der Waals surface area contributed by atoms with Gasteiger partial charge in [0.2, 0.25) is 0 Å². The predicted octanol–water partition coefficient (Wildman–Crippen LogP) is 5.76. The Morgan fingerprint density at radius 2 is 1.61 bits per heavy atom. The van der Waals surface area contributed by atoms with Gasteiger partial charge in [-0.25, -0.2) is 14.0 Å². The van der Waals surface area contributed by atoms with Crippen molar-refractivity contribution >= 4 is 45.1 Å². The number of amides is 4. The molecule has 8 heteroatoms. The van der Waals surface area contributed by atoms with Crippen LogP contribution in [-0.2, 0) is 0 Å². The number of benzene rings is 3. The minimum atomic E-state index is -0.394. The van der Waals surface area contributed by atoms with Gasteiger partial charge in [0.15, 0.2) is 0 Å². The highest BCUT2D eigenvalue weighted by atomic mass is 79.9. The van der Waals surface area contributed by atoms with Gasteiger partial charge in [-0.1, -0.05) is 34.1 Å². The first-order valence-corrected chi connectivity index (χ1v) is 10.4. The molecule has 6 nitrogen and oxygen atoms in total. The molecule has 3 rings (SSSR count). The second kappa shape index (κ2) is 10.6. The van der Waals surface area contributed by atoms with Gasteiger partial charge in [0.25, 0.3) is 0 Å². The van der Waals surface area contributed by atoms with Gasteiger partial charge in [-0.3, -0.25) is 4.90 Å². The van der Waals surface area contributed by atoms with Crippen LogP contribution >= 0.6 is 15.9 Å². The van der Waals surface area contributed by atoms with E-state index < -0.39 is 11.8 Å². The van der Waals surface area contributed by atoms with Crippen LogP contribution in [0.2, 0.25) is 0 Å². The first-order valence-electron chi connectivity index (χ1n) is 9.62. The Morgan fingerprint density at radius 1 is 0.935 bits per heavy atom. The van der Waals surface area contributed by atoms with E-state index in [4.69, 9.17) is 0 Å². The number of nitrogens with one attached hydrogen (secondary N) is 3. The van der Waals surface area contributed by atoms with E-state index in [1.165, 1.54) is 29.2 Å². The van der Waals surface area contributed by atoms with E-state index in [1.54, 1.807) is 18.2 Å². The summed E-state index contributed by atoms with van der Waals surface area (Å²) in [5.74, 6) is -0.394. The van der Waals surface area contributed by atoms with E-state index in [1.807, 2.05) is 37.3 Å². The van der Waals surface area contributed by atoms with E-state index in [0.29, 0.717) is 17.1 Å². The third-order valence-electron chi connectivity index (χ3n) is 4.36. The Kier molecular flexibility index (Phi) is 7.61. The molecule has 0 aliphatic heterocycles. The van der Waals surface area contributed by atoms with E-state index in [0.717, 1.165) is 10.0 Å². The summed E-state index contributed by atoms with van der Waals surface area (Å²) >= 11 is 3.35. The molecule has 0 atom stereocenters. The van der Waals surface area contributed by atoms with E-state index in [2.05, 4.69) is 31.9 Å². The number of carbonyl (C=O) groups excluding carboxylic acids is 2. The third-order valence-corrected chi connectivity index (χ3v) is 4.85. The number of hydrogen-bond acceptors (Lipinski definition) is 2. The number of hydrogen-bond donors (Lipinski definition) is 3. The zero-order chi connectivity index (χ0) is 22.2. The molecule has 0 fully saturated rings. The molecule has 0 unspecified atom stereocenters. The Labute approximate surface area is 188 Å². The van der Waals surface area contributed by atoms with Crippen molar-refractivity contribution in [3.8, 4) is 0 Å². The van der Waals surface area contributed by atoms with Crippen molar-refractivity contribution in [1.29, 1.82) is 0 Å². The highest BCUT2D eigenvalue weighted by Gasteiger charge is 2.16. The fraction of sp³-hybridized carbons (Fsp3) is 0.130. The highest BCUT2D eigenvalue weighted by Crippen LogP contribution is 2.18. The molecular formula is C23H22BrFN4O2. The molecule has 0 radical (unpaired) electrons. The van der Waals surface area contributed by atoms with Gasteiger partial charge < -0.3 is 16.0 Å². The van der Waals surface area contributed by atoms with Crippen molar-refractivity contribution in [3.63, 3.8) is 0 Å². The molecule has 0 aromatic heterocycles. The quantitative estimate of drug-likeness (QED) is 0.416. The lowest BCUT2D eigenvalue weighted by Crippen LogP contribution is -2.42. The zero-order valence-corrected chi connectivity index (χ0v) is 18.4. The molecule has 3 aromatic carbocycles. The maximum absolute atomic E-state index is 13.3. The smallest absolute Gasteiger partial charge is 0.326 e. The van der Waals surface area contributed by atoms with E-state index in [9.17, 15) is 14.0 Å². The molecule has 0 saturated carbocycles. The number of anilines is 3. The molecule has 3 aromatic rings. The first kappa shape index (κ1) is 22.3. The normalized spacial score (nSPS) is 10.3. The summed E-state index contributed by atoms with van der Waals surface area (Å²) in [7, 11) is 0. The summed E-state index contributed by atoms with van der Waals surface area (Å²) in [6.07, 6.45) is 0. The van der Waals surface area contributed by atoms with Crippen LogP contribution in [0.25, 0.3) is 0 Å². The van der Waals surface area contributed by atoms with Crippen LogP contribution in [0.15, 0.2) is 77.3 Å². The first-order chi connectivity index (χ1) is 14.9. The van der Waals surface area contributed by atoms with E-state index >= 15 is 0 Å². The number of carbonyl (C=O) groups is 2. The van der Waals surface area contributed by atoms with Crippen LogP contribution < -0.4 is 20.9 Å². The van der Waals surface area contributed by atoms with E-state index in [-0.39, 0.29) is 19.1 Å². The van der Waals surface area contributed by atoms with Gasteiger partial charge in [-0.15, -0.1) is 0 Å². The lowest BCUT2D eigenvalue weighted by molar-refractivity contribution is 0.250. The minimum absolute atomic E-state index is 0.190. The maximum Gasteiger partial charge on any atom is 0.326 e. The second-order valence-electron chi connectivity index (χ2n) is 6.82. The number of urea groups is 2. The lowest BCUT2D eigenvalue weighted by Gasteiger charge is -2.23. The van der Waals surface area contributed by atoms with Crippen LogP contribution in [0, 0.1) is 12.7 Å². The van der Waals surface area contributed by atoms with Crippen molar-refractivity contribution in [2.24, 2.45) is 0 Å². The standard InChI is InChI=1S/C23H22BrFN4O2/c1-16-4-2-6-19(14-16)28-23(31)29(21-10-8-18(25)9-11-21)13-12-26-22(30)27-20-7-3-5-17(24)15-20/h2-11,14-15H,12-13H2,1H3,(H,28,31)(H2,26,27,30). The number of rotatable bonds is 6. The summed E-state index contributed by atoms with van der Waals surface area (Å²) in [4.78, 5) is 26.5. The van der Waals surface area contributed by atoms with Crippen LogP contribution in [0.5, 0.6) is 0 Å². The molecule has 31 heavy (non-hydrogen) atoms. The fourth-order valence-electron chi connectivity index (χ4n) is 2.91. The molecule has 4 amide bonds. The number of nitrogens with zero attached hydrogens (tertiary/aromatic N) is 1. The van der Waals surface area contributed by atoms with Crippen LogP contribution in [0.4, 0.5) is 31.0 Å². The largest absolute Gasteiger partial charge is 0.336 e. The van der Waals surface area contributed by atoms with Crippen molar-refractivity contribution < 1.29 is 14.0 Å².